The van der Waals surface area contributed by atoms with Crippen molar-refractivity contribution in [2.45, 2.75) is 13.0 Å². The van der Waals surface area contributed by atoms with Gasteiger partial charge < -0.3 is 9.64 Å². The van der Waals surface area contributed by atoms with Crippen LogP contribution in [0.5, 0.6) is 0 Å². The Morgan fingerprint density at radius 2 is 1.94 bits per heavy atom. The fourth-order valence-electron chi connectivity index (χ4n) is 4.25. The summed E-state index contributed by atoms with van der Waals surface area (Å²) in [5.41, 5.74) is 2.08. The standard InChI is InChI=1S/C26H21ClFN5O2/c1-15-30-21-12-23(33-9-10-35-22(14-33)17-5-3-16(13-29)4-6-17)31-25(24(21)26(34)32(15)2)19-8-7-18(27)11-20(19)28/h3-8,11-12,22H,9-10,14H2,1-2H3/t22-/m0/s1. The van der Waals surface area contributed by atoms with Crippen LogP contribution in [0, 0.1) is 24.1 Å². The van der Waals surface area contributed by atoms with E-state index in [1.54, 1.807) is 38.2 Å². The number of fused-ring (bicyclic) bond motifs is 1. The van der Waals surface area contributed by atoms with Crippen molar-refractivity contribution < 1.29 is 9.13 Å². The summed E-state index contributed by atoms with van der Waals surface area (Å²) in [6.07, 6.45) is -0.233. The number of hydrogen-bond donors (Lipinski definition) is 0. The number of benzene rings is 2. The summed E-state index contributed by atoms with van der Waals surface area (Å²) in [5, 5.41) is 9.57. The number of anilines is 1. The van der Waals surface area contributed by atoms with Gasteiger partial charge in [-0.1, -0.05) is 23.7 Å². The third-order valence-electron chi connectivity index (χ3n) is 6.26. The van der Waals surface area contributed by atoms with Gasteiger partial charge in [0.1, 0.15) is 23.6 Å². The van der Waals surface area contributed by atoms with Gasteiger partial charge in [-0.2, -0.15) is 5.26 Å². The van der Waals surface area contributed by atoms with Gasteiger partial charge in [-0.15, -0.1) is 0 Å². The fourth-order valence-corrected chi connectivity index (χ4v) is 4.41. The molecule has 176 valence electrons. The second-order valence-electron chi connectivity index (χ2n) is 8.41. The van der Waals surface area contributed by atoms with Crippen molar-refractivity contribution in [3.63, 3.8) is 0 Å². The molecule has 3 heterocycles. The highest BCUT2D eigenvalue weighted by Gasteiger charge is 2.25. The molecule has 7 nitrogen and oxygen atoms in total. The fraction of sp³-hybridized carbons (Fsp3) is 0.231. The van der Waals surface area contributed by atoms with Crippen LogP contribution < -0.4 is 10.5 Å². The van der Waals surface area contributed by atoms with Gasteiger partial charge in [0.05, 0.1) is 34.8 Å². The molecule has 5 rings (SSSR count). The maximum Gasteiger partial charge on any atom is 0.263 e. The topological polar surface area (TPSA) is 84.0 Å². The zero-order chi connectivity index (χ0) is 24.7. The van der Waals surface area contributed by atoms with Gasteiger partial charge in [-0.25, -0.2) is 14.4 Å². The quantitative estimate of drug-likeness (QED) is 0.420. The third kappa shape index (κ3) is 4.25. The third-order valence-corrected chi connectivity index (χ3v) is 6.49. The number of nitrogens with zero attached hydrogens (tertiary/aromatic N) is 5. The molecule has 4 aromatic rings. The first-order valence-electron chi connectivity index (χ1n) is 11.1. The number of aryl methyl sites for hydroxylation is 1. The van der Waals surface area contributed by atoms with Crippen LogP contribution in [0.2, 0.25) is 5.02 Å². The number of morpholine rings is 1. The SMILES string of the molecule is Cc1nc2cc(N3CCO[C@H](c4ccc(C#N)cc4)C3)nc(-c3ccc(Cl)cc3F)c2c(=O)n1C. The van der Waals surface area contributed by atoms with Gasteiger partial charge >= 0.3 is 0 Å². The van der Waals surface area contributed by atoms with Gasteiger partial charge in [-0.3, -0.25) is 9.36 Å². The Morgan fingerprint density at radius 1 is 1.17 bits per heavy atom. The van der Waals surface area contributed by atoms with Crippen LogP contribution >= 0.6 is 11.6 Å². The van der Waals surface area contributed by atoms with Crippen molar-refractivity contribution in [2.24, 2.45) is 7.05 Å². The molecular formula is C26H21ClFN5O2. The number of aromatic nitrogens is 3. The van der Waals surface area contributed by atoms with Crippen molar-refractivity contribution in [1.29, 1.82) is 5.26 Å². The smallest absolute Gasteiger partial charge is 0.263 e. The van der Waals surface area contributed by atoms with Gasteiger partial charge in [0.15, 0.2) is 0 Å². The predicted octanol–water partition coefficient (Wildman–Crippen LogP) is 4.55. The maximum atomic E-state index is 15.0. The summed E-state index contributed by atoms with van der Waals surface area (Å²) < 4.78 is 22.4. The molecule has 0 saturated carbocycles. The second kappa shape index (κ2) is 9.10. The highest BCUT2D eigenvalue weighted by atomic mass is 35.5. The van der Waals surface area contributed by atoms with E-state index in [1.165, 1.54) is 16.7 Å². The zero-order valence-electron chi connectivity index (χ0n) is 19.1. The number of pyridine rings is 1. The predicted molar refractivity (Wildman–Crippen MR) is 132 cm³/mol. The molecule has 1 aliphatic rings. The van der Waals surface area contributed by atoms with E-state index in [2.05, 4.69) is 11.1 Å². The van der Waals surface area contributed by atoms with E-state index in [0.29, 0.717) is 42.4 Å². The molecule has 2 aromatic carbocycles. The molecule has 0 N–H and O–H groups in total. The molecule has 0 amide bonds. The Hall–Kier alpha value is -3.80. The molecule has 9 heteroatoms. The lowest BCUT2D eigenvalue weighted by atomic mass is 10.0. The van der Waals surface area contributed by atoms with Crippen molar-refractivity contribution >= 4 is 28.3 Å². The van der Waals surface area contributed by atoms with Gasteiger partial charge in [0.2, 0.25) is 0 Å². The average molecular weight is 490 g/mol. The molecule has 2 aromatic heterocycles. The molecule has 0 bridgehead atoms. The maximum absolute atomic E-state index is 15.0. The Kier molecular flexibility index (Phi) is 5.97. The van der Waals surface area contributed by atoms with Crippen molar-refractivity contribution in [1.82, 2.24) is 14.5 Å². The van der Waals surface area contributed by atoms with Crippen LogP contribution in [-0.4, -0.2) is 34.2 Å². The molecule has 0 radical (unpaired) electrons. The first-order valence-corrected chi connectivity index (χ1v) is 11.4. The lowest BCUT2D eigenvalue weighted by molar-refractivity contribution is 0.0395. The lowest BCUT2D eigenvalue weighted by Crippen LogP contribution is -2.39. The van der Waals surface area contributed by atoms with E-state index >= 15 is 0 Å². The number of ether oxygens (including phenoxy) is 1. The normalized spacial score (nSPS) is 15.9. The Balaban J connectivity index is 1.63. The van der Waals surface area contributed by atoms with Gasteiger partial charge in [0.25, 0.3) is 5.56 Å². The number of nitriles is 1. The van der Waals surface area contributed by atoms with Crippen molar-refractivity contribution in [3.05, 3.63) is 86.7 Å². The number of hydrogen-bond acceptors (Lipinski definition) is 6. The van der Waals surface area contributed by atoms with Crippen molar-refractivity contribution in [3.8, 4) is 17.3 Å². The molecule has 1 atom stereocenters. The van der Waals surface area contributed by atoms with Crippen LogP contribution in [0.25, 0.3) is 22.2 Å². The Morgan fingerprint density at radius 3 is 2.66 bits per heavy atom. The van der Waals surface area contributed by atoms with E-state index in [4.69, 9.17) is 26.6 Å². The molecule has 0 unspecified atom stereocenters. The van der Waals surface area contributed by atoms with Crippen LogP contribution in [0.4, 0.5) is 10.2 Å². The largest absolute Gasteiger partial charge is 0.370 e. The molecule has 1 aliphatic heterocycles. The van der Waals surface area contributed by atoms with Crippen LogP contribution in [-0.2, 0) is 11.8 Å². The van der Waals surface area contributed by atoms with Crippen LogP contribution in [0.3, 0.4) is 0 Å². The Labute approximate surface area is 206 Å². The molecule has 0 aliphatic carbocycles. The molecule has 1 saturated heterocycles. The van der Waals surface area contributed by atoms with Crippen LogP contribution in [0.1, 0.15) is 23.1 Å². The molecular weight excluding hydrogens is 469 g/mol. The average Bonchev–Trinajstić information content (AvgIpc) is 2.87. The van der Waals surface area contributed by atoms with Gasteiger partial charge in [-0.05, 0) is 42.8 Å². The lowest BCUT2D eigenvalue weighted by Gasteiger charge is -2.34. The molecule has 1 fully saturated rings. The minimum Gasteiger partial charge on any atom is -0.370 e. The molecule has 0 spiro atoms. The van der Waals surface area contributed by atoms with E-state index in [-0.39, 0.29) is 33.3 Å². The molecule has 35 heavy (non-hydrogen) atoms. The first-order chi connectivity index (χ1) is 16.9. The monoisotopic (exact) mass is 489 g/mol. The van der Waals surface area contributed by atoms with Gasteiger partial charge in [0, 0.05) is 36.8 Å². The summed E-state index contributed by atoms with van der Waals surface area (Å²) in [6.45, 7) is 3.27. The summed E-state index contributed by atoms with van der Waals surface area (Å²) in [7, 11) is 1.63. The Bertz CT molecular complexity index is 1550. The highest BCUT2D eigenvalue weighted by molar-refractivity contribution is 6.30. The van der Waals surface area contributed by atoms with E-state index in [0.717, 1.165) is 5.56 Å². The van der Waals surface area contributed by atoms with E-state index in [1.807, 2.05) is 17.0 Å². The minimum atomic E-state index is -0.566. The summed E-state index contributed by atoms with van der Waals surface area (Å²) in [6, 6.07) is 15.5. The first kappa shape index (κ1) is 23.0. The van der Waals surface area contributed by atoms with Crippen LogP contribution in [0.15, 0.2) is 53.3 Å². The second-order valence-corrected chi connectivity index (χ2v) is 8.85. The minimum absolute atomic E-state index is 0.181. The van der Waals surface area contributed by atoms with E-state index in [9.17, 15) is 9.18 Å². The summed E-state index contributed by atoms with van der Waals surface area (Å²) in [4.78, 5) is 24.6. The van der Waals surface area contributed by atoms with E-state index < -0.39 is 5.82 Å². The highest BCUT2D eigenvalue weighted by Crippen LogP contribution is 2.33. The van der Waals surface area contributed by atoms with Crippen molar-refractivity contribution in [2.75, 3.05) is 24.6 Å². The number of halogens is 2. The summed E-state index contributed by atoms with van der Waals surface area (Å²) >= 11 is 5.97. The summed E-state index contributed by atoms with van der Waals surface area (Å²) in [5.74, 6) is 0.548. The zero-order valence-corrected chi connectivity index (χ0v) is 19.9. The number of rotatable bonds is 3.